The molecule has 0 atom stereocenters. The minimum absolute atomic E-state index is 0.112. The smallest absolute Gasteiger partial charge is 0.337 e. The van der Waals surface area contributed by atoms with Gasteiger partial charge in [0.05, 0.1) is 12.7 Å². The van der Waals surface area contributed by atoms with Gasteiger partial charge in [-0.1, -0.05) is 12.1 Å². The van der Waals surface area contributed by atoms with Crippen LogP contribution in [0.4, 0.5) is 11.4 Å². The summed E-state index contributed by atoms with van der Waals surface area (Å²) < 4.78 is 4.64. The molecule has 142 valence electrons. The van der Waals surface area contributed by atoms with Crippen LogP contribution in [0.3, 0.4) is 0 Å². The molecule has 6 heteroatoms. The van der Waals surface area contributed by atoms with E-state index in [0.717, 1.165) is 16.8 Å². The molecule has 0 aromatic heterocycles. The first-order valence-corrected chi connectivity index (χ1v) is 8.66. The molecule has 6 nitrogen and oxygen atoms in total. The van der Waals surface area contributed by atoms with E-state index in [-0.39, 0.29) is 24.8 Å². The van der Waals surface area contributed by atoms with Crippen LogP contribution in [-0.4, -0.2) is 31.4 Å². The number of benzene rings is 2. The summed E-state index contributed by atoms with van der Waals surface area (Å²) in [6, 6.07) is 12.2. The van der Waals surface area contributed by atoms with Gasteiger partial charge in [0.1, 0.15) is 0 Å². The van der Waals surface area contributed by atoms with Crippen molar-refractivity contribution >= 4 is 29.2 Å². The highest BCUT2D eigenvalue weighted by molar-refractivity contribution is 5.96. The number of aryl methyl sites for hydroxylation is 1. The molecule has 0 spiro atoms. The zero-order valence-electron chi connectivity index (χ0n) is 16.0. The minimum Gasteiger partial charge on any atom is -0.465 e. The normalized spacial score (nSPS) is 10.2. The van der Waals surface area contributed by atoms with Crippen LogP contribution >= 0.6 is 0 Å². The van der Waals surface area contributed by atoms with Gasteiger partial charge >= 0.3 is 5.97 Å². The molecular formula is C21H24N2O4. The number of rotatable bonds is 6. The molecule has 0 aliphatic heterocycles. The molecule has 2 rings (SSSR count). The highest BCUT2D eigenvalue weighted by Crippen LogP contribution is 2.23. The summed E-state index contributed by atoms with van der Waals surface area (Å²) in [6.07, 6.45) is 0.158. The van der Waals surface area contributed by atoms with Crippen molar-refractivity contribution in [3.63, 3.8) is 0 Å². The molecule has 2 aromatic rings. The summed E-state index contributed by atoms with van der Waals surface area (Å²) in [7, 11) is 1.31. The van der Waals surface area contributed by atoms with E-state index in [2.05, 4.69) is 10.1 Å². The topological polar surface area (TPSA) is 75.7 Å². The van der Waals surface area contributed by atoms with Crippen molar-refractivity contribution in [2.75, 3.05) is 23.9 Å². The molecule has 0 saturated heterocycles. The lowest BCUT2D eigenvalue weighted by Gasteiger charge is -2.23. The van der Waals surface area contributed by atoms with E-state index >= 15 is 0 Å². The molecule has 0 radical (unpaired) electrons. The molecule has 0 aliphatic carbocycles. The number of carbonyl (C=O) groups is 3. The zero-order chi connectivity index (χ0) is 20.0. The van der Waals surface area contributed by atoms with Crippen LogP contribution in [0.5, 0.6) is 0 Å². The maximum atomic E-state index is 12.3. The van der Waals surface area contributed by atoms with Gasteiger partial charge in [-0.05, 0) is 55.3 Å². The fourth-order valence-corrected chi connectivity index (χ4v) is 2.72. The average molecular weight is 368 g/mol. The summed E-state index contributed by atoms with van der Waals surface area (Å²) in [4.78, 5) is 37.4. The fraction of sp³-hybridized carbons (Fsp3) is 0.286. The molecule has 0 heterocycles. The average Bonchev–Trinajstić information content (AvgIpc) is 2.65. The third kappa shape index (κ3) is 5.17. The number of hydrogen-bond acceptors (Lipinski definition) is 4. The number of amides is 2. The van der Waals surface area contributed by atoms with Crippen molar-refractivity contribution < 1.29 is 19.1 Å². The number of esters is 1. The summed E-state index contributed by atoms with van der Waals surface area (Å²) in [5, 5.41) is 2.77. The Morgan fingerprint density at radius 1 is 1.04 bits per heavy atom. The van der Waals surface area contributed by atoms with E-state index in [9.17, 15) is 14.4 Å². The lowest BCUT2D eigenvalue weighted by Crippen LogP contribution is -2.32. The molecule has 0 aliphatic rings. The summed E-state index contributed by atoms with van der Waals surface area (Å²) >= 11 is 0. The van der Waals surface area contributed by atoms with E-state index in [1.165, 1.54) is 14.0 Å². The zero-order valence-corrected chi connectivity index (χ0v) is 16.0. The van der Waals surface area contributed by atoms with Crippen LogP contribution < -0.4 is 10.2 Å². The highest BCUT2D eigenvalue weighted by atomic mass is 16.5. The van der Waals surface area contributed by atoms with Crippen molar-refractivity contribution in [2.45, 2.75) is 27.2 Å². The third-order valence-corrected chi connectivity index (χ3v) is 4.40. The lowest BCUT2D eigenvalue weighted by molar-refractivity contribution is -0.117. The van der Waals surface area contributed by atoms with Gasteiger partial charge in [-0.25, -0.2) is 4.79 Å². The SMILES string of the molecule is COC(=O)c1ccc(NC(=O)CCN(C(C)=O)c2cccc(C)c2C)cc1. The number of anilines is 2. The molecule has 2 aromatic carbocycles. The number of methoxy groups -OCH3 is 1. The van der Waals surface area contributed by atoms with E-state index in [4.69, 9.17) is 0 Å². The number of carbonyl (C=O) groups excluding carboxylic acids is 3. The second kappa shape index (κ2) is 8.98. The second-order valence-corrected chi connectivity index (χ2v) is 6.26. The molecule has 0 fully saturated rings. The number of hydrogen-bond donors (Lipinski definition) is 1. The van der Waals surface area contributed by atoms with Crippen molar-refractivity contribution in [3.05, 3.63) is 59.2 Å². The first-order valence-electron chi connectivity index (χ1n) is 8.66. The Labute approximate surface area is 159 Å². The maximum absolute atomic E-state index is 12.3. The first kappa shape index (κ1) is 20.2. The molecule has 27 heavy (non-hydrogen) atoms. The Bertz CT molecular complexity index is 844. The molecule has 0 bridgehead atoms. The van der Waals surface area contributed by atoms with Crippen LogP contribution in [0.1, 0.15) is 34.8 Å². The lowest BCUT2D eigenvalue weighted by atomic mass is 10.1. The van der Waals surface area contributed by atoms with Crippen LogP contribution in [0.15, 0.2) is 42.5 Å². The summed E-state index contributed by atoms with van der Waals surface area (Å²) in [5.41, 5.74) is 3.92. The van der Waals surface area contributed by atoms with Crippen molar-refractivity contribution in [1.82, 2.24) is 0 Å². The number of ether oxygens (including phenoxy) is 1. The van der Waals surface area contributed by atoms with Crippen LogP contribution in [0.2, 0.25) is 0 Å². The summed E-state index contributed by atoms with van der Waals surface area (Å²) in [6.45, 7) is 5.72. The Morgan fingerprint density at radius 3 is 2.30 bits per heavy atom. The molecule has 0 unspecified atom stereocenters. The van der Waals surface area contributed by atoms with Gasteiger partial charge in [0, 0.05) is 31.3 Å². The van der Waals surface area contributed by atoms with Gasteiger partial charge in [-0.15, -0.1) is 0 Å². The minimum atomic E-state index is -0.432. The van der Waals surface area contributed by atoms with Gasteiger partial charge in [-0.3, -0.25) is 9.59 Å². The van der Waals surface area contributed by atoms with Crippen LogP contribution in [0, 0.1) is 13.8 Å². The predicted molar refractivity (Wildman–Crippen MR) is 105 cm³/mol. The van der Waals surface area contributed by atoms with Crippen molar-refractivity contribution in [3.8, 4) is 0 Å². The third-order valence-electron chi connectivity index (χ3n) is 4.40. The van der Waals surface area contributed by atoms with Crippen LogP contribution in [0.25, 0.3) is 0 Å². The Morgan fingerprint density at radius 2 is 1.70 bits per heavy atom. The summed E-state index contributed by atoms with van der Waals surface area (Å²) in [5.74, 6) is -0.755. The van der Waals surface area contributed by atoms with Crippen LogP contribution in [-0.2, 0) is 14.3 Å². The first-order chi connectivity index (χ1) is 12.8. The van der Waals surface area contributed by atoms with Gasteiger partial charge < -0.3 is 15.0 Å². The molecule has 0 saturated carbocycles. The van der Waals surface area contributed by atoms with Gasteiger partial charge in [-0.2, -0.15) is 0 Å². The highest BCUT2D eigenvalue weighted by Gasteiger charge is 2.16. The largest absolute Gasteiger partial charge is 0.465 e. The van der Waals surface area contributed by atoms with E-state index in [1.54, 1.807) is 29.2 Å². The van der Waals surface area contributed by atoms with Gasteiger partial charge in [0.15, 0.2) is 0 Å². The predicted octanol–water partition coefficient (Wildman–Crippen LogP) is 3.47. The second-order valence-electron chi connectivity index (χ2n) is 6.26. The Kier molecular flexibility index (Phi) is 6.71. The van der Waals surface area contributed by atoms with E-state index in [1.807, 2.05) is 32.0 Å². The maximum Gasteiger partial charge on any atom is 0.337 e. The molecular weight excluding hydrogens is 344 g/mol. The molecule has 1 N–H and O–H groups in total. The van der Waals surface area contributed by atoms with Crippen molar-refractivity contribution in [1.29, 1.82) is 0 Å². The van der Waals surface area contributed by atoms with E-state index < -0.39 is 5.97 Å². The fourth-order valence-electron chi connectivity index (χ4n) is 2.72. The quantitative estimate of drug-likeness (QED) is 0.792. The number of nitrogens with zero attached hydrogens (tertiary/aromatic N) is 1. The standard InChI is InChI=1S/C21H24N2O4/c1-14-6-5-7-19(15(14)2)23(16(3)24)13-12-20(25)22-18-10-8-17(9-11-18)21(26)27-4/h5-11H,12-13H2,1-4H3,(H,22,25). The molecule has 2 amide bonds. The Hall–Kier alpha value is -3.15. The van der Waals surface area contributed by atoms with Crippen molar-refractivity contribution in [2.24, 2.45) is 0 Å². The van der Waals surface area contributed by atoms with Gasteiger partial charge in [0.2, 0.25) is 11.8 Å². The van der Waals surface area contributed by atoms with E-state index in [0.29, 0.717) is 11.3 Å². The monoisotopic (exact) mass is 368 g/mol. The van der Waals surface area contributed by atoms with Gasteiger partial charge in [0.25, 0.3) is 0 Å². The Balaban J connectivity index is 2.01. The number of nitrogens with one attached hydrogen (secondary N) is 1.